The summed E-state index contributed by atoms with van der Waals surface area (Å²) in [5, 5.41) is 13.4. The van der Waals surface area contributed by atoms with Crippen molar-refractivity contribution in [2.75, 3.05) is 0 Å². The fraction of sp³-hybridized carbons (Fsp3) is 0.208. The van der Waals surface area contributed by atoms with Crippen molar-refractivity contribution in [2.24, 2.45) is 0 Å². The Hall–Kier alpha value is -2.61. The van der Waals surface area contributed by atoms with Crippen LogP contribution < -0.4 is 4.74 Å². The lowest BCUT2D eigenvalue weighted by Crippen LogP contribution is -2.08. The number of thioether (sulfide) groups is 1. The van der Waals surface area contributed by atoms with Crippen LogP contribution in [-0.4, -0.2) is 19.7 Å². The second-order valence-electron chi connectivity index (χ2n) is 7.30. The molecule has 2 aromatic carbocycles. The van der Waals surface area contributed by atoms with Crippen LogP contribution in [0.2, 0.25) is 5.02 Å². The van der Waals surface area contributed by atoms with E-state index in [1.54, 1.807) is 23.1 Å². The normalized spacial score (nSPS) is 11.0. The molecule has 32 heavy (non-hydrogen) atoms. The van der Waals surface area contributed by atoms with Gasteiger partial charge < -0.3 is 4.74 Å². The van der Waals surface area contributed by atoms with E-state index in [1.165, 1.54) is 5.56 Å². The highest BCUT2D eigenvalue weighted by Gasteiger charge is 2.14. The van der Waals surface area contributed by atoms with E-state index in [4.69, 9.17) is 21.3 Å². The second-order valence-corrected chi connectivity index (χ2v) is 9.53. The number of allylic oxidation sites excluding steroid dienone is 1. The van der Waals surface area contributed by atoms with Crippen molar-refractivity contribution in [3.8, 4) is 16.3 Å². The molecule has 164 valence electrons. The van der Waals surface area contributed by atoms with Crippen LogP contribution >= 0.6 is 34.7 Å². The van der Waals surface area contributed by atoms with Gasteiger partial charge in [0.15, 0.2) is 11.0 Å². The van der Waals surface area contributed by atoms with Crippen LogP contribution in [-0.2, 0) is 18.9 Å². The minimum absolute atomic E-state index is 0.318. The maximum absolute atomic E-state index is 6.03. The van der Waals surface area contributed by atoms with Crippen molar-refractivity contribution in [3.63, 3.8) is 0 Å². The Labute approximate surface area is 201 Å². The first-order chi connectivity index (χ1) is 15.5. The van der Waals surface area contributed by atoms with E-state index in [9.17, 15) is 0 Å². The number of aromatic nitrogens is 4. The van der Waals surface area contributed by atoms with Crippen molar-refractivity contribution < 1.29 is 4.74 Å². The number of hydrogen-bond acceptors (Lipinski definition) is 6. The molecule has 4 rings (SSSR count). The number of halogens is 1. The Morgan fingerprint density at radius 3 is 2.72 bits per heavy atom. The minimum atomic E-state index is 0.318. The molecule has 0 atom stereocenters. The zero-order chi connectivity index (χ0) is 22.5. The van der Waals surface area contributed by atoms with Gasteiger partial charge in [-0.25, -0.2) is 4.98 Å². The third-order valence-corrected chi connectivity index (χ3v) is 6.97. The molecule has 0 bridgehead atoms. The van der Waals surface area contributed by atoms with Gasteiger partial charge in [-0.15, -0.1) is 28.1 Å². The van der Waals surface area contributed by atoms with Gasteiger partial charge in [0.25, 0.3) is 0 Å². The summed E-state index contributed by atoms with van der Waals surface area (Å²) in [6, 6.07) is 14.0. The third kappa shape index (κ3) is 5.41. The molecule has 0 aliphatic heterocycles. The van der Waals surface area contributed by atoms with Crippen molar-refractivity contribution in [2.45, 2.75) is 37.9 Å². The van der Waals surface area contributed by atoms with Crippen LogP contribution in [0, 0.1) is 13.8 Å². The zero-order valence-corrected chi connectivity index (χ0v) is 20.3. The maximum atomic E-state index is 6.03. The first-order valence-corrected chi connectivity index (χ1v) is 12.3. The maximum Gasteiger partial charge on any atom is 0.191 e. The summed E-state index contributed by atoms with van der Waals surface area (Å²) in [7, 11) is 0. The minimum Gasteiger partial charge on any atom is -0.485 e. The summed E-state index contributed by atoms with van der Waals surface area (Å²) in [4.78, 5) is 4.79. The highest BCUT2D eigenvalue weighted by molar-refractivity contribution is 7.98. The van der Waals surface area contributed by atoms with E-state index in [2.05, 4.69) is 53.3 Å². The number of benzene rings is 2. The van der Waals surface area contributed by atoms with Crippen molar-refractivity contribution in [1.29, 1.82) is 0 Å². The summed E-state index contributed by atoms with van der Waals surface area (Å²) in [5.74, 6) is 2.25. The SMILES string of the molecule is C=CCn1c(COc2ccc(Cl)cc2C)nnc1SCc1csc(-c2ccc(C)cc2)n1. The van der Waals surface area contributed by atoms with Gasteiger partial charge in [0.2, 0.25) is 0 Å². The quantitative estimate of drug-likeness (QED) is 0.195. The second kappa shape index (κ2) is 10.3. The number of hydrogen-bond donors (Lipinski definition) is 0. The van der Waals surface area contributed by atoms with Gasteiger partial charge in [0.1, 0.15) is 17.4 Å². The highest BCUT2D eigenvalue weighted by Crippen LogP contribution is 2.28. The molecule has 0 N–H and O–H groups in total. The van der Waals surface area contributed by atoms with E-state index in [0.717, 1.165) is 44.3 Å². The van der Waals surface area contributed by atoms with Gasteiger partial charge in [0.05, 0.1) is 5.69 Å². The first kappa shape index (κ1) is 22.6. The Kier molecular flexibility index (Phi) is 7.29. The van der Waals surface area contributed by atoms with Crippen LogP contribution in [0.25, 0.3) is 10.6 Å². The molecule has 0 unspecified atom stereocenters. The molecule has 0 amide bonds. The number of thiazole rings is 1. The summed E-state index contributed by atoms with van der Waals surface area (Å²) in [6.45, 7) is 8.85. The first-order valence-electron chi connectivity index (χ1n) is 10.1. The summed E-state index contributed by atoms with van der Waals surface area (Å²) in [5.41, 5.74) is 4.39. The van der Waals surface area contributed by atoms with Crippen molar-refractivity contribution in [3.05, 3.63) is 88.2 Å². The average Bonchev–Trinajstić information content (AvgIpc) is 3.40. The summed E-state index contributed by atoms with van der Waals surface area (Å²) in [6.07, 6.45) is 1.84. The number of ether oxygens (including phenoxy) is 1. The van der Waals surface area contributed by atoms with Crippen LogP contribution in [0.15, 0.2) is 65.7 Å². The fourth-order valence-electron chi connectivity index (χ4n) is 3.10. The average molecular weight is 483 g/mol. The van der Waals surface area contributed by atoms with Gasteiger partial charge in [-0.2, -0.15) is 0 Å². The molecule has 2 aromatic heterocycles. The van der Waals surface area contributed by atoms with Crippen molar-refractivity contribution >= 4 is 34.7 Å². The molecule has 2 heterocycles. The van der Waals surface area contributed by atoms with Crippen LogP contribution in [0.5, 0.6) is 5.75 Å². The van der Waals surface area contributed by atoms with E-state index in [1.807, 2.05) is 35.8 Å². The molecule has 0 radical (unpaired) electrons. The lowest BCUT2D eigenvalue weighted by Gasteiger charge is -2.10. The molecular weight excluding hydrogens is 460 g/mol. The highest BCUT2D eigenvalue weighted by atomic mass is 35.5. The molecule has 0 aliphatic rings. The van der Waals surface area contributed by atoms with E-state index in [0.29, 0.717) is 18.2 Å². The number of aryl methyl sites for hydroxylation is 2. The number of rotatable bonds is 9. The fourth-order valence-corrected chi connectivity index (χ4v) is 5.12. The van der Waals surface area contributed by atoms with Crippen LogP contribution in [0.3, 0.4) is 0 Å². The summed E-state index contributed by atoms with van der Waals surface area (Å²) < 4.78 is 7.99. The van der Waals surface area contributed by atoms with Crippen LogP contribution in [0.1, 0.15) is 22.6 Å². The molecule has 4 aromatic rings. The van der Waals surface area contributed by atoms with E-state index >= 15 is 0 Å². The molecule has 5 nitrogen and oxygen atoms in total. The Morgan fingerprint density at radius 2 is 1.97 bits per heavy atom. The lowest BCUT2D eigenvalue weighted by molar-refractivity contribution is 0.287. The standard InChI is InChI=1S/C24H23ClN4OS2/c1-4-11-29-22(13-30-21-10-9-19(25)12-17(21)3)27-28-24(29)32-15-20-14-31-23(26-20)18-7-5-16(2)6-8-18/h4-10,12,14H,1,11,13,15H2,2-3H3. The molecular formula is C24H23ClN4OS2. The Bertz CT molecular complexity index is 1220. The molecule has 0 saturated heterocycles. The predicted octanol–water partition coefficient (Wildman–Crippen LogP) is 6.73. The number of nitrogens with zero attached hydrogens (tertiary/aromatic N) is 4. The third-order valence-electron chi connectivity index (χ3n) is 4.80. The predicted molar refractivity (Wildman–Crippen MR) is 133 cm³/mol. The molecule has 0 spiro atoms. The topological polar surface area (TPSA) is 52.8 Å². The smallest absolute Gasteiger partial charge is 0.191 e. The monoisotopic (exact) mass is 482 g/mol. The van der Waals surface area contributed by atoms with Gasteiger partial charge in [-0.05, 0) is 37.6 Å². The summed E-state index contributed by atoms with van der Waals surface area (Å²) >= 11 is 9.30. The Balaban J connectivity index is 1.43. The van der Waals surface area contributed by atoms with Gasteiger partial charge in [-0.1, -0.05) is 59.3 Å². The molecule has 0 aliphatic carbocycles. The van der Waals surface area contributed by atoms with E-state index in [-0.39, 0.29) is 0 Å². The molecule has 8 heteroatoms. The lowest BCUT2D eigenvalue weighted by atomic mass is 10.2. The van der Waals surface area contributed by atoms with Gasteiger partial charge in [0, 0.05) is 28.3 Å². The van der Waals surface area contributed by atoms with Crippen LogP contribution in [0.4, 0.5) is 0 Å². The van der Waals surface area contributed by atoms with Crippen molar-refractivity contribution in [1.82, 2.24) is 19.7 Å². The zero-order valence-electron chi connectivity index (χ0n) is 17.9. The van der Waals surface area contributed by atoms with Gasteiger partial charge >= 0.3 is 0 Å². The molecule has 0 saturated carbocycles. The van der Waals surface area contributed by atoms with Gasteiger partial charge in [-0.3, -0.25) is 4.57 Å². The largest absolute Gasteiger partial charge is 0.485 e. The Morgan fingerprint density at radius 1 is 1.16 bits per heavy atom. The van der Waals surface area contributed by atoms with E-state index < -0.39 is 0 Å². The molecule has 0 fully saturated rings.